The summed E-state index contributed by atoms with van der Waals surface area (Å²) in [6.07, 6.45) is 7.21. The molecule has 0 saturated carbocycles. The summed E-state index contributed by atoms with van der Waals surface area (Å²) in [5.74, 6) is -0.298. The van der Waals surface area contributed by atoms with Crippen LogP contribution in [0, 0.1) is 0 Å². The molecule has 2 aromatic heterocycles. The van der Waals surface area contributed by atoms with E-state index in [0.717, 1.165) is 17.7 Å². The van der Waals surface area contributed by atoms with Crippen molar-refractivity contribution in [3.8, 4) is 0 Å². The van der Waals surface area contributed by atoms with Gasteiger partial charge in [0.1, 0.15) is 23.4 Å². The molecule has 3 rings (SSSR count). The van der Waals surface area contributed by atoms with Gasteiger partial charge in [-0.15, -0.1) is 0 Å². The summed E-state index contributed by atoms with van der Waals surface area (Å²) in [4.78, 5) is 32.5. The average Bonchev–Trinajstić information content (AvgIpc) is 2.95. The minimum absolute atomic E-state index is 0.0834. The topological polar surface area (TPSA) is 93.3 Å². The smallest absolute Gasteiger partial charge is 0.339 e. The van der Waals surface area contributed by atoms with Gasteiger partial charge in [0.05, 0.1) is 5.56 Å². The van der Waals surface area contributed by atoms with Crippen molar-refractivity contribution in [1.82, 2.24) is 9.97 Å². The zero-order valence-electron chi connectivity index (χ0n) is 13.8. The quantitative estimate of drug-likeness (QED) is 0.851. The van der Waals surface area contributed by atoms with E-state index in [9.17, 15) is 14.7 Å². The Hall–Kier alpha value is -2.76. The minimum atomic E-state index is -1.16. The molecule has 124 valence electrons. The Morgan fingerprint density at radius 3 is 2.50 bits per heavy atom. The molecule has 1 aliphatic rings. The van der Waals surface area contributed by atoms with Crippen LogP contribution in [0.5, 0.6) is 0 Å². The third-order valence-electron chi connectivity index (χ3n) is 3.92. The lowest BCUT2D eigenvalue weighted by molar-refractivity contribution is 0.0692. The number of aromatic nitrogens is 2. The van der Waals surface area contributed by atoms with Gasteiger partial charge in [-0.3, -0.25) is 4.79 Å². The average molecular weight is 326 g/mol. The highest BCUT2D eigenvalue weighted by molar-refractivity contribution is 6.17. The molecule has 6 nitrogen and oxygen atoms in total. The second kappa shape index (κ2) is 5.70. The lowest BCUT2D eigenvalue weighted by atomic mass is 9.88. The molecule has 0 saturated heterocycles. The Balaban J connectivity index is 1.93. The number of furan rings is 1. The van der Waals surface area contributed by atoms with E-state index < -0.39 is 5.97 Å². The number of hydrogen-bond donors (Lipinski definition) is 1. The number of carbonyl (C=O) groups excluding carboxylic acids is 1. The molecule has 1 N–H and O–H groups in total. The fourth-order valence-electron chi connectivity index (χ4n) is 2.65. The third-order valence-corrected chi connectivity index (χ3v) is 3.92. The maximum atomic E-state index is 12.6. The van der Waals surface area contributed by atoms with Gasteiger partial charge in [-0.25, -0.2) is 14.8 Å². The van der Waals surface area contributed by atoms with Crippen LogP contribution >= 0.6 is 0 Å². The third kappa shape index (κ3) is 2.87. The van der Waals surface area contributed by atoms with E-state index >= 15 is 0 Å². The second-order valence-electron chi connectivity index (χ2n) is 6.84. The number of aryl methyl sites for hydroxylation is 1. The summed E-state index contributed by atoms with van der Waals surface area (Å²) in [5.41, 5.74) is 1.19. The molecule has 24 heavy (non-hydrogen) atoms. The molecule has 0 spiro atoms. The molecule has 0 amide bonds. The minimum Gasteiger partial charge on any atom is -0.478 e. The summed E-state index contributed by atoms with van der Waals surface area (Å²) >= 11 is 0. The van der Waals surface area contributed by atoms with Crippen molar-refractivity contribution in [2.24, 2.45) is 0 Å². The van der Waals surface area contributed by atoms with E-state index in [4.69, 9.17) is 4.42 Å². The van der Waals surface area contributed by atoms with Crippen LogP contribution in [0.3, 0.4) is 0 Å². The molecule has 0 aromatic carbocycles. The molecule has 0 radical (unpaired) electrons. The monoisotopic (exact) mass is 326 g/mol. The van der Waals surface area contributed by atoms with Crippen molar-refractivity contribution in [3.05, 3.63) is 52.5 Å². The van der Waals surface area contributed by atoms with Crippen LogP contribution in [0.15, 0.2) is 28.6 Å². The summed E-state index contributed by atoms with van der Waals surface area (Å²) < 4.78 is 5.22. The van der Waals surface area contributed by atoms with Gasteiger partial charge in [0.25, 0.3) is 0 Å². The van der Waals surface area contributed by atoms with E-state index in [0.29, 0.717) is 24.2 Å². The van der Waals surface area contributed by atoms with E-state index in [1.165, 1.54) is 0 Å². The normalized spacial score (nSPS) is 16.3. The van der Waals surface area contributed by atoms with Crippen LogP contribution in [0.2, 0.25) is 0 Å². The van der Waals surface area contributed by atoms with E-state index in [1.54, 1.807) is 18.5 Å². The van der Waals surface area contributed by atoms with Crippen molar-refractivity contribution in [2.75, 3.05) is 0 Å². The number of carboxylic acids is 1. The van der Waals surface area contributed by atoms with Crippen LogP contribution in [-0.2, 0) is 11.8 Å². The van der Waals surface area contributed by atoms with Crippen LogP contribution in [0.1, 0.15) is 65.1 Å². The van der Waals surface area contributed by atoms with Crippen LogP contribution in [0.25, 0.3) is 6.08 Å². The Morgan fingerprint density at radius 2 is 1.92 bits per heavy atom. The number of hydrogen-bond acceptors (Lipinski definition) is 5. The Morgan fingerprint density at radius 1 is 1.25 bits per heavy atom. The number of aromatic carboxylic acids is 1. The van der Waals surface area contributed by atoms with Gasteiger partial charge in [-0.1, -0.05) is 20.8 Å². The van der Waals surface area contributed by atoms with Crippen LogP contribution in [-0.4, -0.2) is 26.8 Å². The first kappa shape index (κ1) is 16.1. The predicted octanol–water partition coefficient (Wildman–Crippen LogP) is 3.28. The first-order valence-electron chi connectivity index (χ1n) is 7.69. The van der Waals surface area contributed by atoms with Crippen LogP contribution < -0.4 is 0 Å². The highest BCUT2D eigenvalue weighted by Crippen LogP contribution is 2.30. The van der Waals surface area contributed by atoms with Crippen molar-refractivity contribution in [1.29, 1.82) is 0 Å². The Labute approximate surface area is 139 Å². The number of carboxylic acid groups (broad SMARTS) is 1. The molecule has 6 heteroatoms. The Bertz CT molecular complexity index is 839. The van der Waals surface area contributed by atoms with E-state index in [2.05, 4.69) is 9.97 Å². The van der Waals surface area contributed by atoms with Gasteiger partial charge >= 0.3 is 5.97 Å². The summed E-state index contributed by atoms with van der Waals surface area (Å²) in [6.45, 7) is 6.08. The predicted molar refractivity (Wildman–Crippen MR) is 87.0 cm³/mol. The molecule has 0 fully saturated rings. The molecule has 0 atom stereocenters. The summed E-state index contributed by atoms with van der Waals surface area (Å²) in [5, 5.41) is 9.18. The molecular weight excluding hydrogens is 308 g/mol. The molecule has 2 heterocycles. The van der Waals surface area contributed by atoms with Gasteiger partial charge in [0.15, 0.2) is 5.78 Å². The van der Waals surface area contributed by atoms with Gasteiger partial charge in [0, 0.05) is 35.4 Å². The lowest BCUT2D eigenvalue weighted by Crippen LogP contribution is -2.16. The number of Topliss-reactive ketones (excluding diaryl/α,β-unsaturated/α-hetero) is 1. The summed E-state index contributed by atoms with van der Waals surface area (Å²) in [6, 6.07) is 0. The van der Waals surface area contributed by atoms with Gasteiger partial charge in [0.2, 0.25) is 0 Å². The SMILES string of the molecule is CC(C)(C)c1ncc(/C=C2/CCc3occ(C(=O)O)c3C2=O)cn1. The lowest BCUT2D eigenvalue weighted by Gasteiger charge is -2.16. The molecular formula is C18H18N2O4. The van der Waals surface area contributed by atoms with Gasteiger partial charge in [-0.2, -0.15) is 0 Å². The first-order chi connectivity index (χ1) is 11.3. The zero-order chi connectivity index (χ0) is 17.5. The van der Waals surface area contributed by atoms with E-state index in [-0.39, 0.29) is 22.3 Å². The number of fused-ring (bicyclic) bond motifs is 1. The fourth-order valence-corrected chi connectivity index (χ4v) is 2.65. The number of rotatable bonds is 2. The van der Waals surface area contributed by atoms with Gasteiger partial charge in [-0.05, 0) is 12.5 Å². The molecule has 0 unspecified atom stereocenters. The highest BCUT2D eigenvalue weighted by atomic mass is 16.4. The Kier molecular flexibility index (Phi) is 3.83. The molecule has 0 bridgehead atoms. The maximum absolute atomic E-state index is 12.6. The fraction of sp³-hybridized carbons (Fsp3) is 0.333. The molecule has 1 aliphatic carbocycles. The number of carbonyl (C=O) groups is 2. The maximum Gasteiger partial charge on any atom is 0.339 e. The second-order valence-corrected chi connectivity index (χ2v) is 6.84. The molecule has 2 aromatic rings. The van der Waals surface area contributed by atoms with Crippen molar-refractivity contribution < 1.29 is 19.1 Å². The largest absolute Gasteiger partial charge is 0.478 e. The van der Waals surface area contributed by atoms with Crippen molar-refractivity contribution in [3.63, 3.8) is 0 Å². The van der Waals surface area contributed by atoms with E-state index in [1.807, 2.05) is 20.8 Å². The number of ketones is 1. The first-order valence-corrected chi connectivity index (χ1v) is 7.69. The van der Waals surface area contributed by atoms with Crippen LogP contribution in [0.4, 0.5) is 0 Å². The standard InChI is InChI=1S/C18H18N2O4/c1-18(2,3)17-19-7-10(8-20-17)6-11-4-5-13-14(15(11)21)12(9-24-13)16(22)23/h6-9H,4-5H2,1-3H3,(H,22,23)/b11-6-. The van der Waals surface area contributed by atoms with Crippen molar-refractivity contribution in [2.45, 2.75) is 39.0 Å². The molecule has 0 aliphatic heterocycles. The highest BCUT2D eigenvalue weighted by Gasteiger charge is 2.30. The number of allylic oxidation sites excluding steroid dienone is 1. The summed E-state index contributed by atoms with van der Waals surface area (Å²) in [7, 11) is 0. The van der Waals surface area contributed by atoms with Gasteiger partial charge < -0.3 is 9.52 Å². The number of nitrogens with zero attached hydrogens (tertiary/aromatic N) is 2. The zero-order valence-corrected chi connectivity index (χ0v) is 13.8. The van der Waals surface area contributed by atoms with Crippen molar-refractivity contribution >= 4 is 17.8 Å².